The van der Waals surface area contributed by atoms with Crippen LogP contribution >= 0.6 is 0 Å². The first-order chi connectivity index (χ1) is 11.4. The van der Waals surface area contributed by atoms with E-state index in [2.05, 4.69) is 5.16 Å². The fourth-order valence-corrected chi connectivity index (χ4v) is 2.30. The predicted molar refractivity (Wildman–Crippen MR) is 93.7 cm³/mol. The molecule has 0 aliphatic rings. The molecule has 24 heavy (non-hydrogen) atoms. The van der Waals surface area contributed by atoms with E-state index in [9.17, 15) is 4.79 Å². The Kier molecular flexibility index (Phi) is 5.79. The van der Waals surface area contributed by atoms with Crippen molar-refractivity contribution in [3.8, 4) is 5.75 Å². The van der Waals surface area contributed by atoms with Crippen molar-refractivity contribution in [2.24, 2.45) is 0 Å². The second-order valence-electron chi connectivity index (χ2n) is 6.07. The van der Waals surface area contributed by atoms with Gasteiger partial charge in [0.1, 0.15) is 11.5 Å². The molecular weight excluding hydrogens is 304 g/mol. The zero-order chi connectivity index (χ0) is 17.7. The molecule has 0 radical (unpaired) electrons. The lowest BCUT2D eigenvalue weighted by Gasteiger charge is -2.14. The van der Waals surface area contributed by atoms with Crippen LogP contribution in [0.4, 0.5) is 0 Å². The van der Waals surface area contributed by atoms with Gasteiger partial charge >= 0.3 is 0 Å². The zero-order valence-electron chi connectivity index (χ0n) is 14.9. The summed E-state index contributed by atoms with van der Waals surface area (Å²) < 4.78 is 10.8. The van der Waals surface area contributed by atoms with Gasteiger partial charge in [-0.3, -0.25) is 4.79 Å². The van der Waals surface area contributed by atoms with Gasteiger partial charge in [0.15, 0.2) is 0 Å². The maximum absolute atomic E-state index is 12.3. The summed E-state index contributed by atoms with van der Waals surface area (Å²) in [4.78, 5) is 13.9. The minimum atomic E-state index is -0.0785. The van der Waals surface area contributed by atoms with E-state index in [1.807, 2.05) is 52.0 Å². The molecule has 1 heterocycles. The van der Waals surface area contributed by atoms with Crippen molar-refractivity contribution < 1.29 is 14.1 Å². The van der Waals surface area contributed by atoms with Crippen LogP contribution in [-0.2, 0) is 11.3 Å². The van der Waals surface area contributed by atoms with Gasteiger partial charge in [-0.15, -0.1) is 0 Å². The molecule has 0 N–H and O–H groups in total. The van der Waals surface area contributed by atoms with Crippen LogP contribution in [0.15, 0.2) is 34.9 Å². The summed E-state index contributed by atoms with van der Waals surface area (Å²) in [6.45, 7) is 8.16. The number of likely N-dealkylation sites (N-methyl/N-ethyl adjacent to an activating group) is 1. The first kappa shape index (κ1) is 17.8. The fourth-order valence-electron chi connectivity index (χ4n) is 2.30. The maximum atomic E-state index is 12.3. The van der Waals surface area contributed by atoms with Gasteiger partial charge in [0.25, 0.3) is 0 Å². The molecule has 2 rings (SSSR count). The third-order valence-electron chi connectivity index (χ3n) is 3.60. The van der Waals surface area contributed by atoms with Gasteiger partial charge < -0.3 is 14.2 Å². The van der Waals surface area contributed by atoms with Crippen LogP contribution in [0, 0.1) is 13.8 Å². The van der Waals surface area contributed by atoms with E-state index in [4.69, 9.17) is 9.26 Å². The van der Waals surface area contributed by atoms with Crippen LogP contribution in [0.2, 0.25) is 0 Å². The Morgan fingerprint density at radius 3 is 2.75 bits per heavy atom. The van der Waals surface area contributed by atoms with Crippen molar-refractivity contribution in [1.29, 1.82) is 0 Å². The molecule has 0 spiro atoms. The first-order valence-electron chi connectivity index (χ1n) is 7.98. The third kappa shape index (κ3) is 4.72. The highest BCUT2D eigenvalue weighted by Crippen LogP contribution is 2.17. The van der Waals surface area contributed by atoms with Crippen molar-refractivity contribution in [2.75, 3.05) is 7.05 Å². The Morgan fingerprint density at radius 1 is 1.38 bits per heavy atom. The number of nitrogens with zero attached hydrogens (tertiary/aromatic N) is 2. The Balaban J connectivity index is 2.02. The standard InChI is InChI=1S/C19H24N2O3/c1-13(2)23-17-8-6-7-16(11-17)9-10-19(22)21(5)12-18-14(3)20-24-15(18)4/h6-11,13H,12H2,1-5H3/b10-9-. The van der Waals surface area contributed by atoms with Crippen molar-refractivity contribution in [3.63, 3.8) is 0 Å². The second kappa shape index (κ2) is 7.81. The quantitative estimate of drug-likeness (QED) is 0.758. The van der Waals surface area contributed by atoms with Crippen LogP contribution < -0.4 is 4.74 Å². The van der Waals surface area contributed by atoms with Gasteiger partial charge in [0, 0.05) is 18.7 Å². The molecular formula is C19H24N2O3. The highest BCUT2D eigenvalue weighted by atomic mass is 16.5. The predicted octanol–water partition coefficient (Wildman–Crippen LogP) is 3.75. The monoisotopic (exact) mass is 328 g/mol. The van der Waals surface area contributed by atoms with Gasteiger partial charge in [0.2, 0.25) is 5.91 Å². The molecule has 0 atom stereocenters. The first-order valence-corrected chi connectivity index (χ1v) is 7.98. The lowest BCUT2D eigenvalue weighted by atomic mass is 10.2. The number of rotatable bonds is 6. The number of hydrogen-bond acceptors (Lipinski definition) is 4. The Morgan fingerprint density at radius 2 is 2.12 bits per heavy atom. The number of carbonyl (C=O) groups excluding carboxylic acids is 1. The van der Waals surface area contributed by atoms with E-state index in [0.717, 1.165) is 28.3 Å². The van der Waals surface area contributed by atoms with Crippen LogP contribution in [0.25, 0.3) is 6.08 Å². The fraction of sp³-hybridized carbons (Fsp3) is 0.368. The largest absolute Gasteiger partial charge is 0.491 e. The van der Waals surface area contributed by atoms with Gasteiger partial charge in [0.05, 0.1) is 18.3 Å². The molecule has 1 aromatic carbocycles. The van der Waals surface area contributed by atoms with E-state index in [1.54, 1.807) is 24.1 Å². The van der Waals surface area contributed by atoms with Gasteiger partial charge in [-0.1, -0.05) is 17.3 Å². The van der Waals surface area contributed by atoms with E-state index in [-0.39, 0.29) is 12.0 Å². The Hall–Kier alpha value is -2.56. The van der Waals surface area contributed by atoms with Crippen molar-refractivity contribution in [3.05, 3.63) is 52.9 Å². The summed E-state index contributed by atoms with van der Waals surface area (Å²) in [6, 6.07) is 7.67. The number of benzene rings is 1. The Labute approximate surface area is 142 Å². The number of ether oxygens (including phenoxy) is 1. The lowest BCUT2D eigenvalue weighted by molar-refractivity contribution is -0.125. The average molecular weight is 328 g/mol. The normalized spacial score (nSPS) is 11.2. The molecule has 1 amide bonds. The third-order valence-corrected chi connectivity index (χ3v) is 3.60. The summed E-state index contributed by atoms with van der Waals surface area (Å²) in [5.41, 5.74) is 2.69. The van der Waals surface area contributed by atoms with Crippen LogP contribution in [-0.4, -0.2) is 29.1 Å². The van der Waals surface area contributed by atoms with E-state index in [0.29, 0.717) is 6.54 Å². The number of carbonyl (C=O) groups is 1. The molecule has 2 aromatic rings. The molecule has 1 aromatic heterocycles. The summed E-state index contributed by atoms with van der Waals surface area (Å²) in [5.74, 6) is 1.46. The molecule has 5 nitrogen and oxygen atoms in total. The Bertz CT molecular complexity index is 712. The highest BCUT2D eigenvalue weighted by Gasteiger charge is 2.13. The maximum Gasteiger partial charge on any atom is 0.246 e. The topological polar surface area (TPSA) is 55.6 Å². The van der Waals surface area contributed by atoms with E-state index in [1.165, 1.54) is 0 Å². The number of hydrogen-bond donors (Lipinski definition) is 0. The lowest BCUT2D eigenvalue weighted by Crippen LogP contribution is -2.24. The molecule has 0 bridgehead atoms. The summed E-state index contributed by atoms with van der Waals surface area (Å²) >= 11 is 0. The van der Waals surface area contributed by atoms with Crippen molar-refractivity contribution >= 4 is 12.0 Å². The van der Waals surface area contributed by atoms with Crippen LogP contribution in [0.3, 0.4) is 0 Å². The molecule has 0 aliphatic heterocycles. The van der Waals surface area contributed by atoms with E-state index < -0.39 is 0 Å². The summed E-state index contributed by atoms with van der Waals surface area (Å²) in [6.07, 6.45) is 3.47. The molecule has 0 unspecified atom stereocenters. The molecule has 128 valence electrons. The number of amides is 1. The van der Waals surface area contributed by atoms with E-state index >= 15 is 0 Å². The number of aromatic nitrogens is 1. The number of aryl methyl sites for hydroxylation is 2. The zero-order valence-corrected chi connectivity index (χ0v) is 14.9. The second-order valence-corrected chi connectivity index (χ2v) is 6.07. The van der Waals surface area contributed by atoms with Gasteiger partial charge in [-0.25, -0.2) is 0 Å². The molecule has 0 fully saturated rings. The van der Waals surface area contributed by atoms with Gasteiger partial charge in [-0.2, -0.15) is 0 Å². The van der Waals surface area contributed by atoms with Crippen LogP contribution in [0.5, 0.6) is 5.75 Å². The van der Waals surface area contributed by atoms with Crippen molar-refractivity contribution in [1.82, 2.24) is 10.1 Å². The molecule has 0 saturated carbocycles. The average Bonchev–Trinajstić information content (AvgIpc) is 2.84. The smallest absolute Gasteiger partial charge is 0.246 e. The molecule has 0 saturated heterocycles. The van der Waals surface area contributed by atoms with Crippen LogP contribution in [0.1, 0.15) is 36.4 Å². The highest BCUT2D eigenvalue weighted by molar-refractivity contribution is 5.91. The minimum Gasteiger partial charge on any atom is -0.491 e. The van der Waals surface area contributed by atoms with Gasteiger partial charge in [-0.05, 0) is 51.5 Å². The summed E-state index contributed by atoms with van der Waals surface area (Å²) in [5, 5.41) is 3.91. The molecule has 5 heteroatoms. The van der Waals surface area contributed by atoms with Crippen molar-refractivity contribution in [2.45, 2.75) is 40.3 Å². The summed E-state index contributed by atoms with van der Waals surface area (Å²) in [7, 11) is 1.76. The SMILES string of the molecule is Cc1noc(C)c1CN(C)C(=O)/C=C\c1cccc(OC(C)C)c1. The molecule has 0 aliphatic carbocycles. The minimum absolute atomic E-state index is 0.0785.